The number of hydrogen-bond donors (Lipinski definition) is 14. The van der Waals surface area contributed by atoms with Crippen molar-refractivity contribution < 1.29 is 93.1 Å². The van der Waals surface area contributed by atoms with Gasteiger partial charge in [0.25, 0.3) is 5.91 Å². The van der Waals surface area contributed by atoms with E-state index in [4.69, 9.17) is 19.9 Å². The summed E-state index contributed by atoms with van der Waals surface area (Å²) < 4.78 is 16.8. The van der Waals surface area contributed by atoms with E-state index in [1.807, 2.05) is 24.3 Å². The quantitative estimate of drug-likeness (QED) is 0.0483. The van der Waals surface area contributed by atoms with Gasteiger partial charge in [-0.3, -0.25) is 38.4 Å². The Balaban J connectivity index is 1.17. The third kappa shape index (κ3) is 19.8. The zero-order valence-electron chi connectivity index (χ0n) is 53.2. The fraction of sp³-hybridized carbons (Fsp3) is 0.531. The first-order valence-corrected chi connectivity index (χ1v) is 32.0. The van der Waals surface area contributed by atoms with Crippen molar-refractivity contribution in [1.29, 1.82) is 0 Å². The average Bonchev–Trinajstić information content (AvgIpc) is 1.62. The van der Waals surface area contributed by atoms with Gasteiger partial charge < -0.3 is 97.4 Å². The van der Waals surface area contributed by atoms with Gasteiger partial charge in [0.2, 0.25) is 41.4 Å². The number of β-amino-alcohol motifs (C(OH)–C–C–N with tert-alkyl or cyclic N) is 1. The SMILES string of the molecule is CCCCCOc1ccc(-c2cnc(-c3ccc(C(=O)NC4C[C@@H](O)CNC(=O)[C@@H]5[C@@H](O)[C@@H](C)CN5C(=O)[C@H]([C@H](O)CC(N)=O)NC(=O)[C@H]([C@H](O)Cc5ccc(O)c(OCCCNC(=O)OC(C)(C)C)c5)NC(=O)[C@@H]5C[C@@H](O)CN5C(=O)[C@H]([C@@H](C)O)NC4=O)cc3)s2)cc1. The first-order valence-electron chi connectivity index (χ1n) is 31.2. The first kappa shape index (κ1) is 72.9. The van der Waals surface area contributed by atoms with E-state index in [1.54, 1.807) is 39.1 Å². The molecule has 0 aliphatic carbocycles. The van der Waals surface area contributed by atoms with Gasteiger partial charge in [-0.05, 0) is 100 Å². The van der Waals surface area contributed by atoms with Crippen LogP contribution in [0.3, 0.4) is 0 Å². The number of aromatic hydroxyl groups is 1. The molecule has 4 aromatic rings. The monoisotopic (exact) mass is 1330 g/mol. The predicted octanol–water partition coefficient (Wildman–Crippen LogP) is -0.131. The third-order valence-corrected chi connectivity index (χ3v) is 17.0. The molecule has 7 rings (SSSR count). The number of primary amides is 1. The summed E-state index contributed by atoms with van der Waals surface area (Å²) >= 11 is 1.40. The highest BCUT2D eigenvalue weighted by molar-refractivity contribution is 7.18. The molecule has 9 amide bonds. The van der Waals surface area contributed by atoms with E-state index >= 15 is 0 Å². The van der Waals surface area contributed by atoms with E-state index in [0.717, 1.165) is 52.2 Å². The number of rotatable bonds is 21. The summed E-state index contributed by atoms with van der Waals surface area (Å²) in [5.41, 5.74) is 6.47. The smallest absolute Gasteiger partial charge is 0.407 e. The van der Waals surface area contributed by atoms with Gasteiger partial charge in [-0.1, -0.05) is 44.9 Å². The molecule has 3 fully saturated rings. The van der Waals surface area contributed by atoms with Crippen LogP contribution in [0.5, 0.6) is 17.2 Å². The van der Waals surface area contributed by atoms with E-state index in [-0.39, 0.29) is 42.2 Å². The number of thiazole rings is 1. The Morgan fingerprint density at radius 3 is 2.10 bits per heavy atom. The zero-order valence-corrected chi connectivity index (χ0v) is 54.0. The molecule has 3 aliphatic heterocycles. The number of hydrogen-bond acceptors (Lipinski definition) is 21. The minimum Gasteiger partial charge on any atom is -0.504 e. The van der Waals surface area contributed by atoms with Gasteiger partial charge in [0.15, 0.2) is 11.5 Å². The van der Waals surface area contributed by atoms with Crippen LogP contribution >= 0.6 is 11.3 Å². The highest BCUT2D eigenvalue weighted by Crippen LogP contribution is 2.34. The van der Waals surface area contributed by atoms with Crippen molar-refractivity contribution in [2.24, 2.45) is 11.7 Å². The molecule has 3 saturated heterocycles. The number of amides is 9. The maximum atomic E-state index is 14.8. The van der Waals surface area contributed by atoms with Gasteiger partial charge >= 0.3 is 6.09 Å². The van der Waals surface area contributed by atoms with Crippen molar-refractivity contribution in [3.8, 4) is 38.3 Å². The molecule has 29 nitrogen and oxygen atoms in total. The van der Waals surface area contributed by atoms with E-state index < -0.39 is 183 Å². The molecule has 512 valence electrons. The van der Waals surface area contributed by atoms with Crippen molar-refractivity contribution >= 4 is 64.7 Å². The van der Waals surface area contributed by atoms with Gasteiger partial charge in [0.05, 0.1) is 61.1 Å². The zero-order chi connectivity index (χ0) is 68.7. The standard InChI is InChI=1S/C64H86N10O19S/c1-7-8-9-22-91-41-18-16-36(17-19-41)48-30-68-60(94-48)38-14-12-37(13-15-38)55(83)69-42-26-39(76)29-67-59(87)53-54(82)33(2)31-74(53)62(89)52(46(80)28-49(65)81)72-58(86)51(71-57(85)43-27-40(77)32-73(43)61(88)50(34(3)75)70-56(42)84)45(79)24-35-11-20-44(78)47(25-35)92-23-10-21-66-63(90)93-64(4,5)6/h11-20,25,30,33-34,39-40,42-43,45-46,50-54,75-80,82H,7-10,21-24,26-29,31-32H2,1-6H3,(H2,65,81)(H,66,90)(H,67,87)(H,69,83)(H,70,84)(H,71,85)(H,72,86)/t33-,34+,39+,40+,42?,43-,45+,46+,50-,51-,52-,53-,54-/m0/s1. The van der Waals surface area contributed by atoms with Crippen LogP contribution < -0.4 is 47.1 Å². The lowest BCUT2D eigenvalue weighted by Gasteiger charge is -2.33. The molecule has 0 saturated carbocycles. The van der Waals surface area contributed by atoms with Crippen molar-refractivity contribution in [2.45, 2.75) is 171 Å². The van der Waals surface area contributed by atoms with Gasteiger partial charge in [-0.15, -0.1) is 11.3 Å². The molecule has 13 atom stereocenters. The Kier molecular flexibility index (Phi) is 25.6. The number of carbonyl (C=O) groups excluding carboxylic acids is 9. The minimum atomic E-state index is -2.21. The molecular formula is C64H86N10O19S. The number of nitrogens with two attached hydrogens (primary N) is 1. The number of ether oxygens (including phenoxy) is 3. The number of aromatic nitrogens is 1. The normalized spacial score (nSPS) is 24.4. The number of carbonyl (C=O) groups is 9. The molecule has 3 aliphatic rings. The number of phenolic OH excluding ortho intramolecular Hbond substituents is 1. The fourth-order valence-electron chi connectivity index (χ4n) is 11.0. The third-order valence-electron chi connectivity index (χ3n) is 15.9. The average molecular weight is 1330 g/mol. The first-order chi connectivity index (χ1) is 44.5. The fourth-order valence-corrected chi connectivity index (χ4v) is 11.9. The molecule has 3 aromatic carbocycles. The van der Waals surface area contributed by atoms with E-state index in [9.17, 15) is 78.9 Å². The summed E-state index contributed by atoms with van der Waals surface area (Å²) in [5, 5.41) is 94.8. The molecule has 0 radical (unpaired) electrons. The maximum absolute atomic E-state index is 14.8. The second-order valence-corrected chi connectivity index (χ2v) is 25.8. The molecule has 1 unspecified atom stereocenters. The summed E-state index contributed by atoms with van der Waals surface area (Å²) in [5.74, 6) is -9.83. The van der Waals surface area contributed by atoms with Crippen LogP contribution in [0.2, 0.25) is 0 Å². The number of aliphatic hydroxyl groups is 6. The van der Waals surface area contributed by atoms with Crippen LogP contribution in [0.15, 0.2) is 72.9 Å². The number of phenols is 1. The second-order valence-electron chi connectivity index (χ2n) is 24.8. The highest BCUT2D eigenvalue weighted by atomic mass is 32.1. The molecule has 15 N–H and O–H groups in total. The Hall–Kier alpha value is -8.52. The Labute approximate surface area is 547 Å². The largest absolute Gasteiger partial charge is 0.504 e. The molecule has 0 spiro atoms. The Morgan fingerprint density at radius 1 is 0.766 bits per heavy atom. The summed E-state index contributed by atoms with van der Waals surface area (Å²) in [4.78, 5) is 133. The number of alkyl carbamates (subject to hydrolysis) is 1. The minimum absolute atomic E-state index is 0.0285. The van der Waals surface area contributed by atoms with Crippen LogP contribution in [0.4, 0.5) is 4.79 Å². The van der Waals surface area contributed by atoms with Crippen LogP contribution in [-0.4, -0.2) is 222 Å². The molecular weight excluding hydrogens is 1240 g/mol. The summed E-state index contributed by atoms with van der Waals surface area (Å²) in [7, 11) is 0. The van der Waals surface area contributed by atoms with E-state index in [0.29, 0.717) is 17.2 Å². The summed E-state index contributed by atoms with van der Waals surface area (Å²) in [6.45, 7) is 8.82. The Morgan fingerprint density at radius 2 is 1.43 bits per heavy atom. The lowest BCUT2D eigenvalue weighted by Crippen LogP contribution is -2.64. The molecule has 94 heavy (non-hydrogen) atoms. The summed E-state index contributed by atoms with van der Waals surface area (Å²) in [6, 6.07) is 6.10. The highest BCUT2D eigenvalue weighted by Gasteiger charge is 2.50. The Bertz CT molecular complexity index is 3310. The van der Waals surface area contributed by atoms with Crippen molar-refractivity contribution in [3.63, 3.8) is 0 Å². The number of unbranched alkanes of at least 4 members (excludes halogenated alkanes) is 2. The van der Waals surface area contributed by atoms with Crippen molar-refractivity contribution in [3.05, 3.63) is 84.1 Å². The molecule has 30 heteroatoms. The van der Waals surface area contributed by atoms with Crippen LogP contribution in [-0.2, 0) is 44.7 Å². The van der Waals surface area contributed by atoms with Crippen molar-refractivity contribution in [2.75, 3.05) is 39.4 Å². The lowest BCUT2D eigenvalue weighted by atomic mass is 9.98. The topological polar surface area (TPSA) is 440 Å². The van der Waals surface area contributed by atoms with Crippen LogP contribution in [0.1, 0.15) is 102 Å². The van der Waals surface area contributed by atoms with E-state index in [1.165, 1.54) is 48.6 Å². The number of nitrogens with one attached hydrogen (secondary N) is 6. The molecule has 1 aromatic heterocycles. The molecule has 0 bridgehead atoms. The predicted molar refractivity (Wildman–Crippen MR) is 339 cm³/mol. The maximum Gasteiger partial charge on any atom is 0.407 e. The van der Waals surface area contributed by atoms with Gasteiger partial charge in [-0.25, -0.2) is 9.78 Å². The van der Waals surface area contributed by atoms with Gasteiger partial charge in [0, 0.05) is 68.7 Å². The lowest BCUT2D eigenvalue weighted by molar-refractivity contribution is -0.147. The van der Waals surface area contributed by atoms with Crippen LogP contribution in [0.25, 0.3) is 21.0 Å². The van der Waals surface area contributed by atoms with E-state index in [2.05, 4.69) is 43.8 Å². The number of aliphatic hydroxyl groups excluding tert-OH is 6. The van der Waals surface area contributed by atoms with Gasteiger partial charge in [-0.2, -0.15) is 0 Å². The van der Waals surface area contributed by atoms with Crippen LogP contribution in [0, 0.1) is 5.92 Å². The second kappa shape index (κ2) is 33.0. The molecule has 4 heterocycles. The van der Waals surface area contributed by atoms with Crippen molar-refractivity contribution in [1.82, 2.24) is 46.7 Å². The summed E-state index contributed by atoms with van der Waals surface area (Å²) in [6.07, 6.45) is -9.05. The number of fused-ring (bicyclic) bond motifs is 2. The number of nitrogens with zero attached hydrogens (tertiary/aromatic N) is 3. The van der Waals surface area contributed by atoms with Gasteiger partial charge in [0.1, 0.15) is 52.6 Å². The number of benzene rings is 3.